The van der Waals surface area contributed by atoms with Crippen molar-refractivity contribution in [3.63, 3.8) is 0 Å². The Labute approximate surface area is 141 Å². The summed E-state index contributed by atoms with van der Waals surface area (Å²) in [6, 6.07) is 2.93. The van der Waals surface area contributed by atoms with Crippen molar-refractivity contribution in [3.05, 3.63) is 35.4 Å². The van der Waals surface area contributed by atoms with E-state index in [0.717, 1.165) is 25.2 Å². The number of nitrogens with one attached hydrogen (secondary N) is 2. The first kappa shape index (κ1) is 20.7. The zero-order valence-electron chi connectivity index (χ0n) is 13.8. The van der Waals surface area contributed by atoms with E-state index in [9.17, 15) is 26.7 Å². The molecule has 140 valence electrons. The summed E-state index contributed by atoms with van der Waals surface area (Å²) >= 11 is 0. The van der Waals surface area contributed by atoms with Crippen LogP contribution in [-0.4, -0.2) is 49.6 Å². The molecule has 0 unspecified atom stereocenters. The summed E-state index contributed by atoms with van der Waals surface area (Å²) in [4.78, 5) is 16.2. The van der Waals surface area contributed by atoms with Crippen molar-refractivity contribution in [1.82, 2.24) is 15.5 Å². The molecule has 0 radical (unpaired) electrons. The lowest BCUT2D eigenvalue weighted by Crippen LogP contribution is -2.45. The molecule has 1 amide bonds. The first-order valence-electron chi connectivity index (χ1n) is 7.39. The van der Waals surface area contributed by atoms with Crippen molar-refractivity contribution in [2.45, 2.75) is 19.6 Å². The standard InChI is InChI=1S/C15H19F5N4O/c1-3-21-14(22-7-10-6-11(16)4-5-12(10)17)23-8-13(25)24(2)9-15(18,19)20/h4-6H,3,7-9H2,1-2H3,(H2,21,22,23). The van der Waals surface area contributed by atoms with Crippen LogP contribution < -0.4 is 10.6 Å². The van der Waals surface area contributed by atoms with Gasteiger partial charge in [-0.25, -0.2) is 13.8 Å². The van der Waals surface area contributed by atoms with E-state index in [-0.39, 0.29) is 18.1 Å². The van der Waals surface area contributed by atoms with Gasteiger partial charge in [0.05, 0.1) is 13.1 Å². The Morgan fingerprint density at radius 3 is 2.52 bits per heavy atom. The van der Waals surface area contributed by atoms with Gasteiger partial charge in [0, 0.05) is 19.2 Å². The molecule has 0 aliphatic heterocycles. The average Bonchev–Trinajstić information content (AvgIpc) is 2.51. The largest absolute Gasteiger partial charge is 0.406 e. The average molecular weight is 366 g/mol. The van der Waals surface area contributed by atoms with Crippen molar-refractivity contribution in [3.8, 4) is 0 Å². The van der Waals surface area contributed by atoms with Crippen LogP contribution in [0.3, 0.4) is 0 Å². The maximum Gasteiger partial charge on any atom is 0.406 e. The predicted molar refractivity (Wildman–Crippen MR) is 82.9 cm³/mol. The van der Waals surface area contributed by atoms with Gasteiger partial charge in [0.1, 0.15) is 18.2 Å². The number of aliphatic imine (C=N–C) groups is 1. The van der Waals surface area contributed by atoms with E-state index in [1.165, 1.54) is 0 Å². The Morgan fingerprint density at radius 1 is 1.24 bits per heavy atom. The van der Waals surface area contributed by atoms with Crippen LogP contribution in [0.15, 0.2) is 23.2 Å². The third-order valence-electron chi connectivity index (χ3n) is 3.01. The van der Waals surface area contributed by atoms with E-state index >= 15 is 0 Å². The van der Waals surface area contributed by atoms with E-state index in [4.69, 9.17) is 0 Å². The molecule has 5 nitrogen and oxygen atoms in total. The highest BCUT2D eigenvalue weighted by Crippen LogP contribution is 2.15. The van der Waals surface area contributed by atoms with E-state index in [1.54, 1.807) is 6.92 Å². The molecule has 0 fully saturated rings. The van der Waals surface area contributed by atoms with Crippen molar-refractivity contribution >= 4 is 11.9 Å². The number of likely N-dealkylation sites (N-methyl/N-ethyl adjacent to an activating group) is 1. The summed E-state index contributed by atoms with van der Waals surface area (Å²) in [6.07, 6.45) is -4.49. The predicted octanol–water partition coefficient (Wildman–Crippen LogP) is 2.04. The Kier molecular flexibility index (Phi) is 7.59. The summed E-state index contributed by atoms with van der Waals surface area (Å²) < 4.78 is 63.4. The summed E-state index contributed by atoms with van der Waals surface area (Å²) in [5.74, 6) is -1.95. The van der Waals surface area contributed by atoms with Gasteiger partial charge in [0.15, 0.2) is 5.96 Å². The first-order valence-corrected chi connectivity index (χ1v) is 7.39. The van der Waals surface area contributed by atoms with Gasteiger partial charge in [-0.15, -0.1) is 0 Å². The molecule has 25 heavy (non-hydrogen) atoms. The SMILES string of the molecule is CCNC(=NCc1cc(F)ccc1F)NCC(=O)N(C)CC(F)(F)F. The van der Waals surface area contributed by atoms with E-state index < -0.39 is 36.8 Å². The van der Waals surface area contributed by atoms with Crippen molar-refractivity contribution in [1.29, 1.82) is 0 Å². The van der Waals surface area contributed by atoms with Crippen LogP contribution in [0.2, 0.25) is 0 Å². The van der Waals surface area contributed by atoms with Crippen LogP contribution in [0.5, 0.6) is 0 Å². The smallest absolute Gasteiger partial charge is 0.357 e. The lowest BCUT2D eigenvalue weighted by atomic mass is 10.2. The van der Waals surface area contributed by atoms with Gasteiger partial charge in [0.2, 0.25) is 5.91 Å². The maximum absolute atomic E-state index is 13.5. The maximum atomic E-state index is 13.5. The number of halogens is 5. The van der Waals surface area contributed by atoms with Gasteiger partial charge < -0.3 is 15.5 Å². The second-order valence-corrected chi connectivity index (χ2v) is 5.15. The summed E-state index contributed by atoms with van der Waals surface area (Å²) in [7, 11) is 1.03. The Morgan fingerprint density at radius 2 is 1.92 bits per heavy atom. The highest BCUT2D eigenvalue weighted by Gasteiger charge is 2.31. The molecule has 1 aromatic rings. The zero-order valence-corrected chi connectivity index (χ0v) is 13.8. The highest BCUT2D eigenvalue weighted by molar-refractivity contribution is 5.86. The molecule has 0 aliphatic carbocycles. The molecular formula is C15H19F5N4O. The quantitative estimate of drug-likeness (QED) is 0.460. The van der Waals surface area contributed by atoms with E-state index in [1.807, 2.05) is 0 Å². The minimum absolute atomic E-state index is 0.0118. The molecule has 1 aromatic carbocycles. The Bertz CT molecular complexity index is 618. The van der Waals surface area contributed by atoms with Crippen LogP contribution in [0.25, 0.3) is 0 Å². The second-order valence-electron chi connectivity index (χ2n) is 5.15. The van der Waals surface area contributed by atoms with Gasteiger partial charge in [-0.05, 0) is 25.1 Å². The van der Waals surface area contributed by atoms with E-state index in [0.29, 0.717) is 11.4 Å². The van der Waals surface area contributed by atoms with Crippen molar-refractivity contribution in [2.24, 2.45) is 4.99 Å². The highest BCUT2D eigenvalue weighted by atomic mass is 19.4. The molecule has 0 saturated carbocycles. The molecule has 0 atom stereocenters. The number of carbonyl (C=O) groups excluding carboxylic acids is 1. The molecule has 0 aromatic heterocycles. The number of hydrogen-bond acceptors (Lipinski definition) is 2. The van der Waals surface area contributed by atoms with E-state index in [2.05, 4.69) is 15.6 Å². The molecular weight excluding hydrogens is 347 g/mol. The van der Waals surface area contributed by atoms with Gasteiger partial charge in [0.25, 0.3) is 0 Å². The number of alkyl halides is 3. The number of rotatable bonds is 6. The normalized spacial score (nSPS) is 12.0. The topological polar surface area (TPSA) is 56.7 Å². The monoisotopic (exact) mass is 366 g/mol. The molecule has 0 spiro atoms. The van der Waals surface area contributed by atoms with Crippen LogP contribution in [0.4, 0.5) is 22.0 Å². The Hall–Kier alpha value is -2.39. The fourth-order valence-corrected chi connectivity index (χ4v) is 1.82. The van der Waals surface area contributed by atoms with Crippen molar-refractivity contribution < 1.29 is 26.7 Å². The third kappa shape index (κ3) is 7.81. The second kappa shape index (κ2) is 9.19. The molecule has 2 N–H and O–H groups in total. The van der Waals surface area contributed by atoms with Crippen molar-refractivity contribution in [2.75, 3.05) is 26.7 Å². The van der Waals surface area contributed by atoms with Crippen LogP contribution in [-0.2, 0) is 11.3 Å². The molecule has 10 heteroatoms. The number of benzene rings is 1. The summed E-state index contributed by atoms with van der Waals surface area (Å²) in [5.41, 5.74) is 0.0118. The molecule has 0 bridgehead atoms. The summed E-state index contributed by atoms with van der Waals surface area (Å²) in [6.45, 7) is 0.146. The number of carbonyl (C=O) groups is 1. The number of guanidine groups is 1. The molecule has 0 saturated heterocycles. The fraction of sp³-hybridized carbons (Fsp3) is 0.467. The zero-order chi connectivity index (χ0) is 19.0. The first-order chi connectivity index (χ1) is 11.6. The lowest BCUT2D eigenvalue weighted by molar-refractivity contribution is -0.157. The molecule has 1 rings (SSSR count). The third-order valence-corrected chi connectivity index (χ3v) is 3.01. The number of amides is 1. The Balaban J connectivity index is 2.67. The molecule has 0 heterocycles. The van der Waals surface area contributed by atoms with Gasteiger partial charge >= 0.3 is 6.18 Å². The van der Waals surface area contributed by atoms with Gasteiger partial charge in [-0.1, -0.05) is 0 Å². The lowest BCUT2D eigenvalue weighted by Gasteiger charge is -2.20. The minimum Gasteiger partial charge on any atom is -0.357 e. The fourth-order valence-electron chi connectivity index (χ4n) is 1.82. The summed E-state index contributed by atoms with van der Waals surface area (Å²) in [5, 5.41) is 5.31. The van der Waals surface area contributed by atoms with Crippen LogP contribution in [0.1, 0.15) is 12.5 Å². The number of nitrogens with zero attached hydrogens (tertiary/aromatic N) is 2. The molecule has 0 aliphatic rings. The van der Waals surface area contributed by atoms with Crippen LogP contribution >= 0.6 is 0 Å². The minimum atomic E-state index is -4.49. The van der Waals surface area contributed by atoms with Gasteiger partial charge in [-0.2, -0.15) is 13.2 Å². The van der Waals surface area contributed by atoms with Crippen LogP contribution in [0, 0.1) is 11.6 Å². The number of hydrogen-bond donors (Lipinski definition) is 2. The van der Waals surface area contributed by atoms with Gasteiger partial charge in [-0.3, -0.25) is 4.79 Å².